The third-order valence-electron chi connectivity index (χ3n) is 2.90. The molecule has 1 aromatic carbocycles. The first-order valence-corrected chi connectivity index (χ1v) is 7.67. The summed E-state index contributed by atoms with van der Waals surface area (Å²) in [5.41, 5.74) is 4.33. The predicted molar refractivity (Wildman–Crippen MR) is 84.6 cm³/mol. The van der Waals surface area contributed by atoms with Gasteiger partial charge in [-0.2, -0.15) is 0 Å². The summed E-state index contributed by atoms with van der Waals surface area (Å²) in [7, 11) is 0. The van der Waals surface area contributed by atoms with E-state index in [1.54, 1.807) is 6.20 Å². The summed E-state index contributed by atoms with van der Waals surface area (Å²) in [6.45, 7) is 0. The molecule has 0 amide bonds. The minimum Gasteiger partial charge on any atom is -0.338 e. The minimum atomic E-state index is -0.555. The Balaban J connectivity index is 1.68. The Morgan fingerprint density at radius 2 is 1.91 bits per heavy atom. The number of aromatic nitrogens is 3. The van der Waals surface area contributed by atoms with E-state index in [1.807, 2.05) is 36.6 Å². The van der Waals surface area contributed by atoms with Crippen molar-refractivity contribution in [2.24, 2.45) is 0 Å². The second kappa shape index (κ2) is 6.40. The number of carbonyl (C=O) groups excluding carboxylic acids is 1. The number of para-hydroxylation sites is 1. The zero-order valence-electron chi connectivity index (χ0n) is 11.7. The Morgan fingerprint density at radius 1 is 1.14 bits per heavy atom. The molecule has 2 heterocycles. The van der Waals surface area contributed by atoms with Crippen LogP contribution in [0.1, 0.15) is 10.4 Å². The highest BCUT2D eigenvalue weighted by atomic mass is 32.2. The van der Waals surface area contributed by atoms with E-state index in [4.69, 9.17) is 4.84 Å². The number of fused-ring (bicyclic) bond motifs is 1. The molecule has 0 fully saturated rings. The first-order chi connectivity index (χ1) is 10.8. The van der Waals surface area contributed by atoms with Crippen LogP contribution in [0.15, 0.2) is 54.1 Å². The lowest BCUT2D eigenvalue weighted by atomic mass is 10.2. The van der Waals surface area contributed by atoms with E-state index in [0.29, 0.717) is 10.8 Å². The van der Waals surface area contributed by atoms with Gasteiger partial charge in [0.05, 0.1) is 23.0 Å². The third kappa shape index (κ3) is 3.15. The maximum atomic E-state index is 11.9. The molecule has 3 rings (SSSR count). The summed E-state index contributed by atoms with van der Waals surface area (Å²) in [4.78, 5) is 29.2. The molecule has 0 aliphatic rings. The topological polar surface area (TPSA) is 77.0 Å². The molecule has 0 aliphatic carbocycles. The standard InChI is InChI=1S/C15H12N4O2S/c1-22-15-17-7-11(8-18-15)14(20)21-19-12-6-10-4-2-3-5-13(10)16-9-12/h2-9,19H,1H3. The number of rotatable bonds is 4. The highest BCUT2D eigenvalue weighted by Gasteiger charge is 2.09. The summed E-state index contributed by atoms with van der Waals surface area (Å²) in [6.07, 6.45) is 6.33. The summed E-state index contributed by atoms with van der Waals surface area (Å²) in [5, 5.41) is 1.56. The fraction of sp³-hybridized carbons (Fsp3) is 0.0667. The van der Waals surface area contributed by atoms with Gasteiger partial charge in [0.2, 0.25) is 0 Å². The molecule has 0 saturated carbocycles. The smallest absolute Gasteiger partial charge is 0.338 e. The molecule has 3 aromatic rings. The molecule has 0 aliphatic heterocycles. The minimum absolute atomic E-state index is 0.277. The van der Waals surface area contributed by atoms with Crippen molar-refractivity contribution in [3.8, 4) is 0 Å². The molecule has 0 bridgehead atoms. The number of nitrogens with one attached hydrogen (secondary N) is 1. The molecule has 22 heavy (non-hydrogen) atoms. The Bertz CT molecular complexity index is 808. The number of nitrogens with zero attached hydrogens (tertiary/aromatic N) is 3. The van der Waals surface area contributed by atoms with Gasteiger partial charge in [0.1, 0.15) is 0 Å². The fourth-order valence-corrected chi connectivity index (χ4v) is 2.13. The first-order valence-electron chi connectivity index (χ1n) is 6.44. The van der Waals surface area contributed by atoms with Gasteiger partial charge in [-0.25, -0.2) is 20.2 Å². The monoisotopic (exact) mass is 312 g/mol. The van der Waals surface area contributed by atoms with Gasteiger partial charge in [0.25, 0.3) is 0 Å². The molecular weight excluding hydrogens is 300 g/mol. The van der Waals surface area contributed by atoms with E-state index in [-0.39, 0.29) is 5.56 Å². The second-order valence-electron chi connectivity index (χ2n) is 4.37. The maximum Gasteiger partial charge on any atom is 0.365 e. The van der Waals surface area contributed by atoms with Gasteiger partial charge in [0, 0.05) is 17.8 Å². The molecule has 110 valence electrons. The lowest BCUT2D eigenvalue weighted by Gasteiger charge is -2.07. The molecular formula is C15H12N4O2S. The lowest BCUT2D eigenvalue weighted by Crippen LogP contribution is -2.11. The molecule has 0 spiro atoms. The summed E-state index contributed by atoms with van der Waals surface area (Å²) >= 11 is 1.40. The van der Waals surface area contributed by atoms with E-state index in [2.05, 4.69) is 20.4 Å². The molecule has 0 radical (unpaired) electrons. The van der Waals surface area contributed by atoms with Crippen LogP contribution in [0.3, 0.4) is 0 Å². The maximum absolute atomic E-state index is 11.9. The van der Waals surface area contributed by atoms with Gasteiger partial charge in [-0.1, -0.05) is 30.0 Å². The molecule has 0 saturated heterocycles. The van der Waals surface area contributed by atoms with Crippen molar-refractivity contribution in [1.82, 2.24) is 15.0 Å². The van der Waals surface area contributed by atoms with Crippen LogP contribution in [-0.4, -0.2) is 27.2 Å². The summed E-state index contributed by atoms with van der Waals surface area (Å²) in [6, 6.07) is 9.54. The van der Waals surface area contributed by atoms with Crippen molar-refractivity contribution in [3.05, 3.63) is 54.5 Å². The van der Waals surface area contributed by atoms with Gasteiger partial charge in [-0.15, -0.1) is 0 Å². The Morgan fingerprint density at radius 3 is 2.68 bits per heavy atom. The average Bonchev–Trinajstić information content (AvgIpc) is 2.59. The van der Waals surface area contributed by atoms with Crippen LogP contribution in [0.5, 0.6) is 0 Å². The van der Waals surface area contributed by atoms with Crippen molar-refractivity contribution in [2.45, 2.75) is 5.16 Å². The normalized spacial score (nSPS) is 10.4. The van der Waals surface area contributed by atoms with Crippen LogP contribution in [-0.2, 0) is 4.84 Å². The SMILES string of the molecule is CSc1ncc(C(=O)ONc2cnc3ccccc3c2)cn1. The van der Waals surface area contributed by atoms with Gasteiger partial charge in [-0.3, -0.25) is 4.98 Å². The van der Waals surface area contributed by atoms with E-state index in [9.17, 15) is 4.79 Å². The number of benzene rings is 1. The Kier molecular flexibility index (Phi) is 4.15. The van der Waals surface area contributed by atoms with Crippen LogP contribution >= 0.6 is 11.8 Å². The van der Waals surface area contributed by atoms with Gasteiger partial charge in [-0.05, 0) is 18.4 Å². The zero-order valence-corrected chi connectivity index (χ0v) is 12.5. The van der Waals surface area contributed by atoms with Crippen molar-refractivity contribution in [1.29, 1.82) is 0 Å². The molecule has 6 nitrogen and oxygen atoms in total. The van der Waals surface area contributed by atoms with Crippen molar-refractivity contribution >= 4 is 34.3 Å². The summed E-state index contributed by atoms with van der Waals surface area (Å²) < 4.78 is 0. The largest absolute Gasteiger partial charge is 0.365 e. The third-order valence-corrected chi connectivity index (χ3v) is 3.47. The second-order valence-corrected chi connectivity index (χ2v) is 5.14. The van der Waals surface area contributed by atoms with E-state index in [0.717, 1.165) is 10.9 Å². The van der Waals surface area contributed by atoms with Crippen LogP contribution in [0, 0.1) is 0 Å². The van der Waals surface area contributed by atoms with E-state index >= 15 is 0 Å². The quantitative estimate of drug-likeness (QED) is 0.451. The molecule has 7 heteroatoms. The molecule has 0 atom stereocenters. The highest BCUT2D eigenvalue weighted by Crippen LogP contribution is 2.16. The van der Waals surface area contributed by atoms with Crippen LogP contribution in [0.4, 0.5) is 5.69 Å². The van der Waals surface area contributed by atoms with E-state index < -0.39 is 5.97 Å². The van der Waals surface area contributed by atoms with Crippen molar-refractivity contribution < 1.29 is 9.63 Å². The first kappa shape index (κ1) is 14.3. The van der Waals surface area contributed by atoms with Crippen molar-refractivity contribution in [2.75, 3.05) is 11.7 Å². The van der Waals surface area contributed by atoms with Gasteiger partial charge >= 0.3 is 5.97 Å². The average molecular weight is 312 g/mol. The number of hydrogen-bond acceptors (Lipinski definition) is 7. The Labute approximate surface area is 130 Å². The Hall–Kier alpha value is -2.67. The molecule has 0 unspecified atom stereocenters. The highest BCUT2D eigenvalue weighted by molar-refractivity contribution is 7.98. The summed E-state index contributed by atoms with van der Waals surface area (Å²) in [5.74, 6) is -0.555. The molecule has 2 aromatic heterocycles. The number of anilines is 1. The zero-order chi connectivity index (χ0) is 15.4. The number of hydrogen-bond donors (Lipinski definition) is 1. The van der Waals surface area contributed by atoms with Gasteiger partial charge in [0.15, 0.2) is 5.16 Å². The number of carbonyl (C=O) groups is 1. The predicted octanol–water partition coefficient (Wildman–Crippen LogP) is 2.93. The lowest BCUT2D eigenvalue weighted by molar-refractivity contribution is 0.0595. The molecule has 1 N–H and O–H groups in total. The van der Waals surface area contributed by atoms with Crippen LogP contribution in [0.25, 0.3) is 10.9 Å². The number of thioether (sulfide) groups is 1. The fourth-order valence-electron chi connectivity index (χ4n) is 1.82. The number of pyridine rings is 1. The van der Waals surface area contributed by atoms with Crippen LogP contribution < -0.4 is 5.48 Å². The van der Waals surface area contributed by atoms with E-state index in [1.165, 1.54) is 24.2 Å². The van der Waals surface area contributed by atoms with Gasteiger partial charge < -0.3 is 4.84 Å². The van der Waals surface area contributed by atoms with Crippen LogP contribution in [0.2, 0.25) is 0 Å². The van der Waals surface area contributed by atoms with Crippen molar-refractivity contribution in [3.63, 3.8) is 0 Å².